The standard InChI is InChI=1S/C14H21N3O.2ClH/c1-12-4-2-3-5-13(12)16-8-10-17(11-9-16)14(18)6-7-15;;/h2-5H,6-11,15H2,1H3;2*1H. The number of anilines is 1. The van der Waals surface area contributed by atoms with Gasteiger partial charge in [-0.3, -0.25) is 4.79 Å². The highest BCUT2D eigenvalue weighted by atomic mass is 35.5. The number of nitrogens with two attached hydrogens (primary N) is 1. The number of benzene rings is 1. The Morgan fingerprint density at radius 1 is 1.15 bits per heavy atom. The van der Waals surface area contributed by atoms with Crippen LogP contribution in [0.25, 0.3) is 0 Å². The van der Waals surface area contributed by atoms with Crippen molar-refractivity contribution in [3.63, 3.8) is 0 Å². The minimum absolute atomic E-state index is 0. The maximum atomic E-state index is 11.7. The van der Waals surface area contributed by atoms with Gasteiger partial charge in [-0.2, -0.15) is 0 Å². The minimum atomic E-state index is 0. The van der Waals surface area contributed by atoms with Crippen molar-refractivity contribution in [3.05, 3.63) is 29.8 Å². The van der Waals surface area contributed by atoms with Gasteiger partial charge in [0.1, 0.15) is 0 Å². The van der Waals surface area contributed by atoms with Gasteiger partial charge in [0.05, 0.1) is 0 Å². The van der Waals surface area contributed by atoms with Crippen LogP contribution in [0.15, 0.2) is 24.3 Å². The molecule has 1 fully saturated rings. The number of carbonyl (C=O) groups excluding carboxylic acids is 1. The molecule has 114 valence electrons. The van der Waals surface area contributed by atoms with Crippen molar-refractivity contribution >= 4 is 36.4 Å². The summed E-state index contributed by atoms with van der Waals surface area (Å²) in [6.07, 6.45) is 0.463. The molecule has 1 aromatic carbocycles. The maximum absolute atomic E-state index is 11.7. The first-order chi connectivity index (χ1) is 8.72. The molecule has 1 saturated heterocycles. The van der Waals surface area contributed by atoms with Crippen LogP contribution in [-0.2, 0) is 4.79 Å². The Morgan fingerprint density at radius 3 is 2.30 bits per heavy atom. The molecular formula is C14H23Cl2N3O. The van der Waals surface area contributed by atoms with E-state index in [0.29, 0.717) is 13.0 Å². The number of aryl methyl sites for hydroxylation is 1. The summed E-state index contributed by atoms with van der Waals surface area (Å²) in [6, 6.07) is 8.39. The first-order valence-corrected chi connectivity index (χ1v) is 6.51. The van der Waals surface area contributed by atoms with Crippen molar-refractivity contribution in [3.8, 4) is 0 Å². The Labute approximate surface area is 133 Å². The number of halogens is 2. The van der Waals surface area contributed by atoms with Crippen molar-refractivity contribution in [2.75, 3.05) is 37.6 Å². The monoisotopic (exact) mass is 319 g/mol. The molecule has 2 rings (SSSR count). The molecule has 0 aromatic heterocycles. The highest BCUT2D eigenvalue weighted by Crippen LogP contribution is 2.20. The summed E-state index contributed by atoms with van der Waals surface area (Å²) in [5.74, 6) is 0.182. The fourth-order valence-electron chi connectivity index (χ4n) is 2.40. The van der Waals surface area contributed by atoms with E-state index in [4.69, 9.17) is 5.73 Å². The minimum Gasteiger partial charge on any atom is -0.368 e. The van der Waals surface area contributed by atoms with Gasteiger partial charge in [0.2, 0.25) is 5.91 Å². The van der Waals surface area contributed by atoms with Gasteiger partial charge in [-0.1, -0.05) is 18.2 Å². The molecule has 0 bridgehead atoms. The Balaban J connectivity index is 0.00000180. The van der Waals surface area contributed by atoms with Crippen LogP contribution in [0, 0.1) is 6.92 Å². The van der Waals surface area contributed by atoms with Crippen LogP contribution in [0.1, 0.15) is 12.0 Å². The Hall–Kier alpha value is -0.970. The van der Waals surface area contributed by atoms with Crippen LogP contribution in [0.2, 0.25) is 0 Å². The number of carbonyl (C=O) groups is 1. The molecule has 0 atom stereocenters. The second-order valence-electron chi connectivity index (χ2n) is 4.69. The number of hydrogen-bond donors (Lipinski definition) is 1. The molecule has 0 saturated carbocycles. The molecule has 0 aliphatic carbocycles. The first-order valence-electron chi connectivity index (χ1n) is 6.51. The lowest BCUT2D eigenvalue weighted by atomic mass is 10.1. The summed E-state index contributed by atoms with van der Waals surface area (Å²) in [7, 11) is 0. The van der Waals surface area contributed by atoms with E-state index in [1.54, 1.807) is 0 Å². The third-order valence-corrected chi connectivity index (χ3v) is 3.45. The molecule has 1 aromatic rings. The summed E-state index contributed by atoms with van der Waals surface area (Å²) in [5, 5.41) is 0. The molecule has 2 N–H and O–H groups in total. The fraction of sp³-hybridized carbons (Fsp3) is 0.500. The first kappa shape index (κ1) is 19.0. The number of amides is 1. The number of nitrogens with zero attached hydrogens (tertiary/aromatic N) is 2. The molecule has 1 aliphatic heterocycles. The number of para-hydroxylation sites is 1. The number of piperazine rings is 1. The van der Waals surface area contributed by atoms with E-state index in [2.05, 4.69) is 36.1 Å². The molecule has 1 amide bonds. The molecule has 6 heteroatoms. The smallest absolute Gasteiger partial charge is 0.223 e. The molecule has 4 nitrogen and oxygen atoms in total. The SMILES string of the molecule is Cc1ccccc1N1CCN(C(=O)CCN)CC1.Cl.Cl. The second-order valence-corrected chi connectivity index (χ2v) is 4.69. The summed E-state index contributed by atoms with van der Waals surface area (Å²) >= 11 is 0. The van der Waals surface area contributed by atoms with Crippen LogP contribution in [0.3, 0.4) is 0 Å². The van der Waals surface area contributed by atoms with Gasteiger partial charge in [0, 0.05) is 44.8 Å². The average molecular weight is 320 g/mol. The maximum Gasteiger partial charge on any atom is 0.223 e. The number of rotatable bonds is 3. The van der Waals surface area contributed by atoms with Gasteiger partial charge >= 0.3 is 0 Å². The normalized spacial score (nSPS) is 14.3. The fourth-order valence-corrected chi connectivity index (χ4v) is 2.40. The van der Waals surface area contributed by atoms with E-state index in [1.807, 2.05) is 4.90 Å². The molecule has 0 radical (unpaired) electrons. The summed E-state index contributed by atoms with van der Waals surface area (Å²) in [4.78, 5) is 16.0. The quantitative estimate of drug-likeness (QED) is 0.924. The van der Waals surface area contributed by atoms with Crippen molar-refractivity contribution in [1.29, 1.82) is 0 Å². The number of hydrogen-bond acceptors (Lipinski definition) is 3. The van der Waals surface area contributed by atoms with E-state index < -0.39 is 0 Å². The third-order valence-electron chi connectivity index (χ3n) is 3.45. The second kappa shape index (κ2) is 9.06. The van der Waals surface area contributed by atoms with Crippen LogP contribution >= 0.6 is 24.8 Å². The van der Waals surface area contributed by atoms with Gasteiger partial charge in [0.25, 0.3) is 0 Å². The van der Waals surface area contributed by atoms with E-state index in [9.17, 15) is 4.79 Å². The molecule has 20 heavy (non-hydrogen) atoms. The summed E-state index contributed by atoms with van der Waals surface area (Å²) in [6.45, 7) is 5.97. The van der Waals surface area contributed by atoms with E-state index in [0.717, 1.165) is 26.2 Å². The van der Waals surface area contributed by atoms with Gasteiger partial charge in [-0.05, 0) is 18.6 Å². The average Bonchev–Trinajstić information content (AvgIpc) is 2.40. The predicted octanol–water partition coefficient (Wildman–Crippen LogP) is 1.84. The molecule has 1 heterocycles. The zero-order valence-corrected chi connectivity index (χ0v) is 13.4. The van der Waals surface area contributed by atoms with E-state index >= 15 is 0 Å². The Kier molecular flexibility index (Phi) is 8.62. The molecular weight excluding hydrogens is 297 g/mol. The summed E-state index contributed by atoms with van der Waals surface area (Å²) < 4.78 is 0. The van der Waals surface area contributed by atoms with Crippen LogP contribution in [-0.4, -0.2) is 43.5 Å². The van der Waals surface area contributed by atoms with E-state index in [-0.39, 0.29) is 30.7 Å². The van der Waals surface area contributed by atoms with Crippen molar-refractivity contribution in [2.24, 2.45) is 5.73 Å². The van der Waals surface area contributed by atoms with E-state index in [1.165, 1.54) is 11.3 Å². The largest absolute Gasteiger partial charge is 0.368 e. The topological polar surface area (TPSA) is 49.6 Å². The van der Waals surface area contributed by atoms with Crippen LogP contribution < -0.4 is 10.6 Å². The van der Waals surface area contributed by atoms with Crippen molar-refractivity contribution in [1.82, 2.24) is 4.90 Å². The lowest BCUT2D eigenvalue weighted by molar-refractivity contribution is -0.131. The van der Waals surface area contributed by atoms with Crippen molar-refractivity contribution in [2.45, 2.75) is 13.3 Å². The van der Waals surface area contributed by atoms with Gasteiger partial charge in [0.15, 0.2) is 0 Å². The van der Waals surface area contributed by atoms with Crippen LogP contribution in [0.4, 0.5) is 5.69 Å². The zero-order chi connectivity index (χ0) is 13.0. The van der Waals surface area contributed by atoms with Gasteiger partial charge in [-0.15, -0.1) is 24.8 Å². The Bertz CT molecular complexity index is 421. The molecule has 0 unspecified atom stereocenters. The van der Waals surface area contributed by atoms with Crippen molar-refractivity contribution < 1.29 is 4.79 Å². The van der Waals surface area contributed by atoms with Gasteiger partial charge < -0.3 is 15.5 Å². The summed E-state index contributed by atoms with van der Waals surface area (Å²) in [5.41, 5.74) is 7.99. The lowest BCUT2D eigenvalue weighted by Crippen LogP contribution is -2.49. The highest BCUT2D eigenvalue weighted by Gasteiger charge is 2.21. The van der Waals surface area contributed by atoms with Crippen LogP contribution in [0.5, 0.6) is 0 Å². The highest BCUT2D eigenvalue weighted by molar-refractivity contribution is 5.85. The predicted molar refractivity (Wildman–Crippen MR) is 88.1 cm³/mol. The lowest BCUT2D eigenvalue weighted by Gasteiger charge is -2.36. The van der Waals surface area contributed by atoms with Gasteiger partial charge in [-0.25, -0.2) is 0 Å². The third kappa shape index (κ3) is 4.54. The zero-order valence-electron chi connectivity index (χ0n) is 11.7. The molecule has 0 spiro atoms. The Morgan fingerprint density at radius 2 is 1.75 bits per heavy atom. The molecule has 1 aliphatic rings.